The lowest BCUT2D eigenvalue weighted by molar-refractivity contribution is -0.123. The van der Waals surface area contributed by atoms with E-state index in [-0.39, 0.29) is 71.9 Å². The first kappa shape index (κ1) is 40.8. The predicted octanol–water partition coefficient (Wildman–Crippen LogP) is 5.01. The zero-order valence-corrected chi connectivity index (χ0v) is 33.6. The molecular formula is C46H54N6O6. The number of aliphatic hydroxyl groups is 2. The van der Waals surface area contributed by atoms with Crippen LogP contribution in [0.25, 0.3) is 12.2 Å². The molecule has 0 bridgehead atoms. The van der Waals surface area contributed by atoms with Crippen LogP contribution in [0.15, 0.2) is 107 Å². The van der Waals surface area contributed by atoms with Gasteiger partial charge in [0, 0.05) is 83.9 Å². The molecule has 4 N–H and O–H groups in total. The van der Waals surface area contributed by atoms with Crippen molar-refractivity contribution in [2.75, 3.05) is 36.9 Å². The van der Waals surface area contributed by atoms with Crippen molar-refractivity contribution in [3.8, 4) is 0 Å². The molecule has 58 heavy (non-hydrogen) atoms. The molecule has 0 spiro atoms. The molecule has 0 saturated carbocycles. The molecule has 304 valence electrons. The number of para-hydroxylation sites is 2. The first-order valence-electron chi connectivity index (χ1n) is 20.4. The predicted molar refractivity (Wildman–Crippen MR) is 227 cm³/mol. The van der Waals surface area contributed by atoms with E-state index in [0.717, 1.165) is 22.8 Å². The van der Waals surface area contributed by atoms with Crippen molar-refractivity contribution in [2.45, 2.75) is 65.0 Å². The van der Waals surface area contributed by atoms with Crippen LogP contribution in [0.4, 0.5) is 11.4 Å². The van der Waals surface area contributed by atoms with Crippen LogP contribution in [-0.2, 0) is 22.7 Å². The maximum atomic E-state index is 13.2. The van der Waals surface area contributed by atoms with E-state index >= 15 is 0 Å². The topological polar surface area (TPSA) is 149 Å². The summed E-state index contributed by atoms with van der Waals surface area (Å²) in [6, 6.07) is 25.5. The number of hydrogen-bond donors (Lipinski definition) is 4. The highest BCUT2D eigenvalue weighted by Gasteiger charge is 2.56. The van der Waals surface area contributed by atoms with Crippen LogP contribution in [0.3, 0.4) is 0 Å². The van der Waals surface area contributed by atoms with Gasteiger partial charge in [-0.3, -0.25) is 29.0 Å². The fraction of sp³-hybridized carbons (Fsp3) is 0.391. The summed E-state index contributed by atoms with van der Waals surface area (Å²) in [5, 5.41) is 26.4. The number of carbonyl (C=O) groups is 2. The van der Waals surface area contributed by atoms with Gasteiger partial charge in [0.25, 0.3) is 11.1 Å². The molecule has 12 nitrogen and oxygen atoms in total. The van der Waals surface area contributed by atoms with Crippen LogP contribution in [0.1, 0.15) is 62.3 Å². The summed E-state index contributed by atoms with van der Waals surface area (Å²) >= 11 is 0. The van der Waals surface area contributed by atoms with Gasteiger partial charge < -0.3 is 30.0 Å². The average Bonchev–Trinajstić information content (AvgIpc) is 3.97. The number of aromatic nitrogens is 2. The van der Waals surface area contributed by atoms with Crippen molar-refractivity contribution in [3.63, 3.8) is 0 Å². The number of allylic oxidation sites excluding steroid dienone is 2. The second-order valence-electron chi connectivity index (χ2n) is 15.4. The Morgan fingerprint density at radius 2 is 1.00 bits per heavy atom. The van der Waals surface area contributed by atoms with Gasteiger partial charge in [0.05, 0.1) is 24.2 Å². The minimum absolute atomic E-state index is 0.00645. The van der Waals surface area contributed by atoms with Crippen LogP contribution in [0.5, 0.6) is 0 Å². The second-order valence-corrected chi connectivity index (χ2v) is 15.4. The summed E-state index contributed by atoms with van der Waals surface area (Å²) in [5.74, 6) is -0.613. The van der Waals surface area contributed by atoms with Crippen LogP contribution in [0, 0.1) is 23.7 Å². The standard InChI is InChI=1S/2C23H27N3O3/c2*1-3-8-15-11-12-19-20-17(13-26(19)23(15)29)18(14-27)21(25(20)4-2)22(28)24-16-9-6-5-7-10-16/h2*3,5-12,17-18,20-21,27H,4,13-14H2,1-2H3,(H,24,28)/b8-3+;8-3-/t2*17-,18-,20+,21-/m00/s1. The molecule has 4 aromatic rings. The van der Waals surface area contributed by atoms with Gasteiger partial charge in [-0.15, -0.1) is 0 Å². The van der Waals surface area contributed by atoms with Crippen LogP contribution in [0.2, 0.25) is 0 Å². The molecule has 12 heteroatoms. The smallest absolute Gasteiger partial charge is 0.258 e. The molecule has 2 fully saturated rings. The van der Waals surface area contributed by atoms with E-state index in [1.54, 1.807) is 0 Å². The molecule has 2 aromatic heterocycles. The summed E-state index contributed by atoms with van der Waals surface area (Å²) in [6.45, 7) is 10.0. The van der Waals surface area contributed by atoms with Crippen molar-refractivity contribution in [3.05, 3.63) is 140 Å². The molecule has 8 atom stereocenters. The lowest BCUT2D eigenvalue weighted by Crippen LogP contribution is -2.45. The van der Waals surface area contributed by atoms with Crippen molar-refractivity contribution in [2.24, 2.45) is 23.7 Å². The van der Waals surface area contributed by atoms with Crippen LogP contribution < -0.4 is 21.8 Å². The minimum atomic E-state index is -0.431. The van der Waals surface area contributed by atoms with Gasteiger partial charge in [0.2, 0.25) is 11.8 Å². The van der Waals surface area contributed by atoms with E-state index in [4.69, 9.17) is 0 Å². The van der Waals surface area contributed by atoms with Crippen molar-refractivity contribution >= 4 is 35.3 Å². The lowest BCUT2D eigenvalue weighted by Gasteiger charge is -2.29. The number of anilines is 2. The molecule has 6 heterocycles. The van der Waals surface area contributed by atoms with E-state index in [2.05, 4.69) is 20.4 Å². The maximum absolute atomic E-state index is 13.2. The van der Waals surface area contributed by atoms with Gasteiger partial charge >= 0.3 is 0 Å². The summed E-state index contributed by atoms with van der Waals surface area (Å²) in [5.41, 5.74) is 4.68. The molecule has 2 amide bonds. The van der Waals surface area contributed by atoms with E-state index in [0.29, 0.717) is 37.3 Å². The van der Waals surface area contributed by atoms with E-state index in [1.165, 1.54) is 0 Å². The largest absolute Gasteiger partial charge is 0.396 e. The minimum Gasteiger partial charge on any atom is -0.396 e. The highest BCUT2D eigenvalue weighted by molar-refractivity contribution is 5.96. The van der Waals surface area contributed by atoms with Gasteiger partial charge in [0.15, 0.2) is 0 Å². The molecule has 0 radical (unpaired) electrons. The zero-order chi connectivity index (χ0) is 41.1. The quantitative estimate of drug-likeness (QED) is 0.176. The maximum Gasteiger partial charge on any atom is 0.258 e. The number of benzene rings is 2. The van der Waals surface area contributed by atoms with Crippen LogP contribution in [-0.4, -0.2) is 79.3 Å². The number of likely N-dealkylation sites (N-methyl/N-ethyl adjacent to an activating group) is 2. The Balaban J connectivity index is 0.000000177. The molecule has 0 aliphatic carbocycles. The molecule has 4 aliphatic heterocycles. The molecular weight excluding hydrogens is 733 g/mol. The Bertz CT molecular complexity index is 2130. The van der Waals surface area contributed by atoms with E-state index < -0.39 is 12.1 Å². The molecule has 4 aliphatic rings. The third-order valence-electron chi connectivity index (χ3n) is 12.5. The third kappa shape index (κ3) is 7.30. The van der Waals surface area contributed by atoms with Gasteiger partial charge in [0.1, 0.15) is 0 Å². The number of nitrogens with zero attached hydrogens (tertiary/aromatic N) is 4. The Kier molecular flexibility index (Phi) is 12.4. The Morgan fingerprint density at radius 3 is 1.33 bits per heavy atom. The summed E-state index contributed by atoms with van der Waals surface area (Å²) in [4.78, 5) is 56.4. The van der Waals surface area contributed by atoms with Crippen LogP contribution >= 0.6 is 0 Å². The number of aliphatic hydroxyl groups excluding tert-OH is 2. The number of likely N-dealkylation sites (tertiary alicyclic amines) is 2. The monoisotopic (exact) mass is 786 g/mol. The van der Waals surface area contributed by atoms with Gasteiger partial charge in [-0.05, 0) is 75.5 Å². The highest BCUT2D eigenvalue weighted by Crippen LogP contribution is 2.50. The van der Waals surface area contributed by atoms with E-state index in [1.807, 2.05) is 146 Å². The van der Waals surface area contributed by atoms with Crippen molar-refractivity contribution in [1.29, 1.82) is 0 Å². The highest BCUT2D eigenvalue weighted by atomic mass is 16.3. The number of rotatable bonds is 10. The second kappa shape index (κ2) is 17.6. The zero-order valence-electron chi connectivity index (χ0n) is 33.6. The van der Waals surface area contributed by atoms with E-state index in [9.17, 15) is 29.4 Å². The van der Waals surface area contributed by atoms with Crippen molar-refractivity contribution in [1.82, 2.24) is 18.9 Å². The Hall–Kier alpha value is -5.40. The molecule has 8 rings (SSSR count). The molecule has 2 aromatic carbocycles. The first-order valence-corrected chi connectivity index (χ1v) is 20.4. The van der Waals surface area contributed by atoms with Gasteiger partial charge in [-0.25, -0.2) is 0 Å². The first-order chi connectivity index (χ1) is 28.2. The number of fused-ring (bicyclic) bond motifs is 6. The fourth-order valence-electron chi connectivity index (χ4n) is 10.1. The summed E-state index contributed by atoms with van der Waals surface area (Å²) in [7, 11) is 0. The number of pyridine rings is 2. The number of carbonyl (C=O) groups excluding carboxylic acids is 2. The summed E-state index contributed by atoms with van der Waals surface area (Å²) in [6.07, 6.45) is 7.36. The molecule has 0 unspecified atom stereocenters. The molecule has 2 saturated heterocycles. The summed E-state index contributed by atoms with van der Waals surface area (Å²) < 4.78 is 3.64. The SMILES string of the molecule is C/C=C/c1ccc2n(c1=O)C[C@H]1[C@H](CO)[C@@H](C(=O)Nc3ccccc3)N(CC)[C@@H]21.C/C=C\c1ccc2n(c1=O)C[C@H]1[C@H](CO)[C@@H](C(=O)Nc3ccccc3)N(CC)[C@@H]21. The van der Waals surface area contributed by atoms with Gasteiger partial charge in [-0.1, -0.05) is 74.5 Å². The Morgan fingerprint density at radius 1 is 0.621 bits per heavy atom. The number of nitrogens with one attached hydrogen (secondary N) is 2. The Labute approximate surface area is 339 Å². The van der Waals surface area contributed by atoms with Crippen molar-refractivity contribution < 1.29 is 19.8 Å². The normalized spacial score (nSPS) is 25.9. The fourth-order valence-corrected chi connectivity index (χ4v) is 10.1. The number of amides is 2. The average molecular weight is 787 g/mol. The number of hydrogen-bond acceptors (Lipinski definition) is 8. The van der Waals surface area contributed by atoms with Gasteiger partial charge in [-0.2, -0.15) is 0 Å². The third-order valence-corrected chi connectivity index (χ3v) is 12.5. The lowest BCUT2D eigenvalue weighted by atomic mass is 9.88.